The number of rotatable bonds is 6. The molecular formula is C12H21N5O. The van der Waals surface area contributed by atoms with Crippen LogP contribution in [0.2, 0.25) is 0 Å². The molecule has 1 saturated carbocycles. The van der Waals surface area contributed by atoms with Gasteiger partial charge in [0, 0.05) is 6.54 Å². The molecule has 1 aromatic heterocycles. The highest BCUT2D eigenvalue weighted by atomic mass is 16.5. The Morgan fingerprint density at radius 3 is 2.78 bits per heavy atom. The molecule has 0 atom stereocenters. The monoisotopic (exact) mass is 251 g/mol. The Morgan fingerprint density at radius 2 is 2.06 bits per heavy atom. The predicted octanol–water partition coefficient (Wildman–Crippen LogP) is 1.84. The summed E-state index contributed by atoms with van der Waals surface area (Å²) < 4.78 is 4.94. The zero-order valence-electron chi connectivity index (χ0n) is 10.9. The van der Waals surface area contributed by atoms with Crippen LogP contribution in [0.15, 0.2) is 0 Å². The van der Waals surface area contributed by atoms with E-state index in [0.29, 0.717) is 5.95 Å². The second-order valence-electron chi connectivity index (χ2n) is 4.72. The van der Waals surface area contributed by atoms with Gasteiger partial charge in [-0.05, 0) is 18.8 Å². The SMILES string of the molecule is COc1nc(N)nc(NCCCC2CCCC2)n1. The van der Waals surface area contributed by atoms with E-state index in [-0.39, 0.29) is 12.0 Å². The summed E-state index contributed by atoms with van der Waals surface area (Å²) in [5.41, 5.74) is 5.56. The summed E-state index contributed by atoms with van der Waals surface area (Å²) in [4.78, 5) is 11.9. The molecule has 18 heavy (non-hydrogen) atoms. The van der Waals surface area contributed by atoms with Crippen molar-refractivity contribution in [2.45, 2.75) is 38.5 Å². The molecule has 0 aliphatic heterocycles. The van der Waals surface area contributed by atoms with Crippen LogP contribution in [-0.2, 0) is 0 Å². The maximum atomic E-state index is 5.56. The summed E-state index contributed by atoms with van der Waals surface area (Å²) in [5.74, 6) is 1.59. The number of hydrogen-bond donors (Lipinski definition) is 2. The fraction of sp³-hybridized carbons (Fsp3) is 0.750. The first kappa shape index (κ1) is 12.9. The second-order valence-corrected chi connectivity index (χ2v) is 4.72. The zero-order valence-corrected chi connectivity index (χ0v) is 10.9. The van der Waals surface area contributed by atoms with Crippen LogP contribution in [0.25, 0.3) is 0 Å². The molecule has 0 spiro atoms. The van der Waals surface area contributed by atoms with Crippen LogP contribution in [0.5, 0.6) is 6.01 Å². The molecule has 1 aliphatic rings. The molecule has 0 unspecified atom stereocenters. The van der Waals surface area contributed by atoms with Gasteiger partial charge in [-0.15, -0.1) is 0 Å². The molecule has 6 nitrogen and oxygen atoms in total. The number of nitrogen functional groups attached to an aromatic ring is 1. The fourth-order valence-electron chi connectivity index (χ4n) is 2.43. The van der Waals surface area contributed by atoms with Crippen molar-refractivity contribution in [3.05, 3.63) is 0 Å². The summed E-state index contributed by atoms with van der Waals surface area (Å²) >= 11 is 0. The number of ether oxygens (including phenoxy) is 1. The topological polar surface area (TPSA) is 86.0 Å². The molecule has 0 radical (unpaired) electrons. The Bertz CT molecular complexity index is 379. The van der Waals surface area contributed by atoms with Crippen LogP contribution in [0.3, 0.4) is 0 Å². The second kappa shape index (κ2) is 6.37. The van der Waals surface area contributed by atoms with Gasteiger partial charge in [0.25, 0.3) is 0 Å². The Balaban J connectivity index is 1.73. The van der Waals surface area contributed by atoms with Crippen LogP contribution >= 0.6 is 0 Å². The molecular weight excluding hydrogens is 230 g/mol. The van der Waals surface area contributed by atoms with Crippen molar-refractivity contribution in [2.75, 3.05) is 24.7 Å². The van der Waals surface area contributed by atoms with E-state index >= 15 is 0 Å². The fourth-order valence-corrected chi connectivity index (χ4v) is 2.43. The van der Waals surface area contributed by atoms with Crippen molar-refractivity contribution in [3.8, 4) is 6.01 Å². The summed E-state index contributed by atoms with van der Waals surface area (Å²) in [5, 5.41) is 3.16. The average Bonchev–Trinajstić information content (AvgIpc) is 2.87. The first-order valence-corrected chi connectivity index (χ1v) is 6.57. The van der Waals surface area contributed by atoms with E-state index in [1.165, 1.54) is 39.2 Å². The largest absolute Gasteiger partial charge is 0.467 e. The van der Waals surface area contributed by atoms with Gasteiger partial charge in [0.1, 0.15) is 0 Å². The van der Waals surface area contributed by atoms with Crippen LogP contribution < -0.4 is 15.8 Å². The molecule has 6 heteroatoms. The van der Waals surface area contributed by atoms with E-state index in [2.05, 4.69) is 20.3 Å². The molecule has 3 N–H and O–H groups in total. The lowest BCUT2D eigenvalue weighted by molar-refractivity contribution is 0.379. The zero-order chi connectivity index (χ0) is 12.8. The molecule has 0 bridgehead atoms. The van der Waals surface area contributed by atoms with Gasteiger partial charge in [0.15, 0.2) is 0 Å². The molecule has 1 fully saturated rings. The van der Waals surface area contributed by atoms with Gasteiger partial charge in [-0.3, -0.25) is 0 Å². The summed E-state index contributed by atoms with van der Waals surface area (Å²) in [6, 6.07) is 0.251. The highest BCUT2D eigenvalue weighted by Crippen LogP contribution is 2.28. The van der Waals surface area contributed by atoms with Crippen LogP contribution in [0.1, 0.15) is 38.5 Å². The van der Waals surface area contributed by atoms with Gasteiger partial charge >= 0.3 is 6.01 Å². The van der Waals surface area contributed by atoms with Crippen molar-refractivity contribution < 1.29 is 4.74 Å². The van der Waals surface area contributed by atoms with E-state index < -0.39 is 0 Å². The molecule has 0 saturated heterocycles. The minimum atomic E-state index is 0.181. The number of hydrogen-bond acceptors (Lipinski definition) is 6. The summed E-state index contributed by atoms with van der Waals surface area (Å²) in [6.45, 7) is 0.864. The van der Waals surface area contributed by atoms with Crippen LogP contribution in [-0.4, -0.2) is 28.6 Å². The van der Waals surface area contributed by atoms with Gasteiger partial charge in [0.2, 0.25) is 11.9 Å². The quantitative estimate of drug-likeness (QED) is 0.750. The normalized spacial score (nSPS) is 15.8. The summed E-state index contributed by atoms with van der Waals surface area (Å²) in [7, 11) is 1.51. The van der Waals surface area contributed by atoms with Gasteiger partial charge in [-0.1, -0.05) is 25.7 Å². The molecule has 1 aromatic rings. The van der Waals surface area contributed by atoms with Gasteiger partial charge in [0.05, 0.1) is 7.11 Å². The number of methoxy groups -OCH3 is 1. The molecule has 2 rings (SSSR count). The lowest BCUT2D eigenvalue weighted by Gasteiger charge is -2.09. The van der Waals surface area contributed by atoms with Crippen molar-refractivity contribution in [1.29, 1.82) is 0 Å². The molecule has 0 amide bonds. The van der Waals surface area contributed by atoms with E-state index in [1.807, 2.05) is 0 Å². The van der Waals surface area contributed by atoms with Gasteiger partial charge < -0.3 is 15.8 Å². The number of aromatic nitrogens is 3. The van der Waals surface area contributed by atoms with Crippen LogP contribution in [0, 0.1) is 5.92 Å². The third-order valence-corrected chi connectivity index (χ3v) is 3.36. The summed E-state index contributed by atoms with van der Waals surface area (Å²) in [6.07, 6.45) is 8.01. The number of nitrogens with one attached hydrogen (secondary N) is 1. The average molecular weight is 251 g/mol. The standard InChI is InChI=1S/C12H21N5O/c1-18-12-16-10(13)15-11(17-12)14-8-4-7-9-5-2-3-6-9/h9H,2-8H2,1H3,(H3,13,14,15,16,17). The first-order valence-electron chi connectivity index (χ1n) is 6.57. The number of nitrogens with two attached hydrogens (primary N) is 1. The van der Waals surface area contributed by atoms with Crippen molar-refractivity contribution in [1.82, 2.24) is 15.0 Å². The van der Waals surface area contributed by atoms with E-state index in [9.17, 15) is 0 Å². The first-order chi connectivity index (χ1) is 8.78. The third-order valence-electron chi connectivity index (χ3n) is 3.36. The van der Waals surface area contributed by atoms with E-state index in [4.69, 9.17) is 10.5 Å². The maximum Gasteiger partial charge on any atom is 0.322 e. The predicted molar refractivity (Wildman–Crippen MR) is 70.5 cm³/mol. The van der Waals surface area contributed by atoms with Crippen molar-refractivity contribution in [3.63, 3.8) is 0 Å². The minimum Gasteiger partial charge on any atom is -0.467 e. The Kier molecular flexibility index (Phi) is 4.55. The lowest BCUT2D eigenvalue weighted by Crippen LogP contribution is -2.10. The van der Waals surface area contributed by atoms with Crippen LogP contribution in [0.4, 0.5) is 11.9 Å². The highest BCUT2D eigenvalue weighted by Gasteiger charge is 2.14. The minimum absolute atomic E-state index is 0.181. The lowest BCUT2D eigenvalue weighted by atomic mass is 10.0. The molecule has 1 heterocycles. The molecule has 100 valence electrons. The maximum absolute atomic E-state index is 5.56. The van der Waals surface area contributed by atoms with Crippen molar-refractivity contribution in [2.24, 2.45) is 5.92 Å². The molecule has 0 aromatic carbocycles. The highest BCUT2D eigenvalue weighted by molar-refractivity contribution is 5.32. The molecule has 1 aliphatic carbocycles. The number of nitrogens with zero attached hydrogens (tertiary/aromatic N) is 3. The third kappa shape index (κ3) is 3.72. The van der Waals surface area contributed by atoms with E-state index in [0.717, 1.165) is 18.9 Å². The van der Waals surface area contributed by atoms with Crippen molar-refractivity contribution >= 4 is 11.9 Å². The Morgan fingerprint density at radius 1 is 1.28 bits per heavy atom. The smallest absolute Gasteiger partial charge is 0.322 e. The Hall–Kier alpha value is -1.59. The van der Waals surface area contributed by atoms with Gasteiger partial charge in [-0.2, -0.15) is 15.0 Å². The van der Waals surface area contributed by atoms with E-state index in [1.54, 1.807) is 0 Å². The van der Waals surface area contributed by atoms with Gasteiger partial charge in [-0.25, -0.2) is 0 Å². The number of anilines is 2. The Labute approximate surface area is 107 Å².